The monoisotopic (exact) mass is 264 g/mol. The van der Waals surface area contributed by atoms with Gasteiger partial charge in [-0.25, -0.2) is 9.59 Å². The molecular formula is C12H24O6. The highest BCUT2D eigenvalue weighted by Crippen LogP contribution is 1.61. The molecule has 0 atom stereocenters. The molecule has 0 bridgehead atoms. The largest absolute Gasteiger partial charge is 0.478 e. The molecule has 0 aliphatic heterocycles. The molecular weight excluding hydrogens is 240 g/mol. The van der Waals surface area contributed by atoms with Crippen molar-refractivity contribution in [2.24, 2.45) is 0 Å². The smallest absolute Gasteiger partial charge is 0.327 e. The van der Waals surface area contributed by atoms with E-state index in [0.29, 0.717) is 13.2 Å². The fraction of sp³-hybridized carbons (Fsp3) is 0.500. The van der Waals surface area contributed by atoms with E-state index in [1.54, 1.807) is 0 Å². The molecule has 6 nitrogen and oxygen atoms in total. The van der Waals surface area contributed by atoms with Crippen LogP contribution in [0, 0.1) is 0 Å². The fourth-order valence-corrected chi connectivity index (χ4v) is 0. The van der Waals surface area contributed by atoms with Crippen LogP contribution in [0.15, 0.2) is 25.3 Å². The first kappa shape index (κ1) is 25.3. The molecule has 0 rings (SSSR count). The maximum absolute atomic E-state index is 9.25. The van der Waals surface area contributed by atoms with E-state index in [-0.39, 0.29) is 0 Å². The summed E-state index contributed by atoms with van der Waals surface area (Å²) in [7, 11) is 0. The quantitative estimate of drug-likeness (QED) is 0.569. The Balaban J connectivity index is -0.0000000731. The molecule has 0 unspecified atom stereocenters. The van der Waals surface area contributed by atoms with Gasteiger partial charge in [0.05, 0.1) is 0 Å². The average molecular weight is 264 g/mol. The topological polar surface area (TPSA) is 115 Å². The summed E-state index contributed by atoms with van der Waals surface area (Å²) in [6.07, 6.45) is 3.42. The first-order valence-corrected chi connectivity index (χ1v) is 5.30. The molecule has 6 heteroatoms. The Hall–Kier alpha value is -1.66. The first-order chi connectivity index (χ1) is 8.37. The fourth-order valence-electron chi connectivity index (χ4n) is 0. The number of rotatable bonds is 4. The number of carbonyl (C=O) groups is 2. The Morgan fingerprint density at radius 3 is 1.00 bits per heavy atom. The van der Waals surface area contributed by atoms with Crippen LogP contribution in [0.1, 0.15) is 26.7 Å². The van der Waals surface area contributed by atoms with Gasteiger partial charge in [-0.05, 0) is 12.8 Å². The molecule has 0 aromatic carbocycles. The van der Waals surface area contributed by atoms with Crippen molar-refractivity contribution in [3.05, 3.63) is 25.3 Å². The van der Waals surface area contributed by atoms with Crippen molar-refractivity contribution in [3.8, 4) is 0 Å². The van der Waals surface area contributed by atoms with Crippen molar-refractivity contribution in [1.29, 1.82) is 0 Å². The molecule has 0 saturated carbocycles. The molecule has 108 valence electrons. The lowest BCUT2D eigenvalue weighted by atomic mass is 10.5. The van der Waals surface area contributed by atoms with Crippen molar-refractivity contribution in [2.45, 2.75) is 26.7 Å². The molecule has 0 spiro atoms. The van der Waals surface area contributed by atoms with E-state index in [1.807, 2.05) is 13.8 Å². The van der Waals surface area contributed by atoms with Gasteiger partial charge in [0.15, 0.2) is 0 Å². The second-order valence-corrected chi connectivity index (χ2v) is 2.53. The van der Waals surface area contributed by atoms with Crippen LogP contribution < -0.4 is 0 Å². The number of aliphatic hydroxyl groups is 2. The van der Waals surface area contributed by atoms with E-state index in [1.165, 1.54) is 0 Å². The van der Waals surface area contributed by atoms with Gasteiger partial charge in [0.25, 0.3) is 0 Å². The van der Waals surface area contributed by atoms with Gasteiger partial charge < -0.3 is 20.4 Å². The molecule has 0 heterocycles. The normalized spacial score (nSPS) is 6.89. The van der Waals surface area contributed by atoms with Crippen molar-refractivity contribution in [2.75, 3.05) is 13.2 Å². The summed E-state index contributed by atoms with van der Waals surface area (Å²) in [5.74, 6) is -1.96. The summed E-state index contributed by atoms with van der Waals surface area (Å²) < 4.78 is 0. The predicted molar refractivity (Wildman–Crippen MR) is 70.4 cm³/mol. The van der Waals surface area contributed by atoms with Crippen LogP contribution in [0.2, 0.25) is 0 Å². The molecule has 0 aromatic heterocycles. The van der Waals surface area contributed by atoms with Crippen LogP contribution in [0.25, 0.3) is 0 Å². The maximum atomic E-state index is 9.25. The zero-order chi connectivity index (χ0) is 15.4. The SMILES string of the molecule is C=CC(=O)O.C=CC(=O)O.CCCO.CCCO. The third kappa shape index (κ3) is 135. The van der Waals surface area contributed by atoms with Crippen LogP contribution in [-0.4, -0.2) is 45.6 Å². The van der Waals surface area contributed by atoms with Gasteiger partial charge in [-0.15, -0.1) is 0 Å². The minimum atomic E-state index is -0.981. The van der Waals surface area contributed by atoms with Crippen LogP contribution in [0.5, 0.6) is 0 Å². The summed E-state index contributed by atoms with van der Waals surface area (Å²) in [6, 6.07) is 0. The first-order valence-electron chi connectivity index (χ1n) is 5.30. The van der Waals surface area contributed by atoms with Gasteiger partial charge in [0, 0.05) is 25.4 Å². The Bertz CT molecular complexity index is 175. The Morgan fingerprint density at radius 1 is 0.889 bits per heavy atom. The van der Waals surface area contributed by atoms with E-state index >= 15 is 0 Å². The highest BCUT2D eigenvalue weighted by molar-refractivity contribution is 5.79. The van der Waals surface area contributed by atoms with Gasteiger partial charge in [-0.3, -0.25) is 0 Å². The van der Waals surface area contributed by atoms with Gasteiger partial charge >= 0.3 is 11.9 Å². The molecule has 0 aliphatic carbocycles. The summed E-state index contributed by atoms with van der Waals surface area (Å²) in [5.41, 5.74) is 0. The third-order valence-electron chi connectivity index (χ3n) is 0.796. The number of aliphatic carboxylic acids is 2. The molecule has 0 radical (unpaired) electrons. The second kappa shape index (κ2) is 29.5. The highest BCUT2D eigenvalue weighted by atomic mass is 16.4. The Kier molecular flexibility index (Phi) is 41.4. The summed E-state index contributed by atoms with van der Waals surface area (Å²) in [4.78, 5) is 18.5. The number of hydrogen-bond donors (Lipinski definition) is 4. The Morgan fingerprint density at radius 2 is 1.00 bits per heavy atom. The lowest BCUT2D eigenvalue weighted by Crippen LogP contribution is -1.82. The summed E-state index contributed by atoms with van der Waals surface area (Å²) in [5, 5.41) is 31.0. The zero-order valence-corrected chi connectivity index (χ0v) is 11.0. The number of carboxylic acid groups (broad SMARTS) is 2. The molecule has 4 N–H and O–H groups in total. The van der Waals surface area contributed by atoms with Crippen molar-refractivity contribution < 1.29 is 30.0 Å². The minimum Gasteiger partial charge on any atom is -0.478 e. The Labute approximate surface area is 108 Å². The van der Waals surface area contributed by atoms with E-state index in [9.17, 15) is 9.59 Å². The molecule has 0 aliphatic rings. The molecule has 0 amide bonds. The van der Waals surface area contributed by atoms with Crippen LogP contribution in [0.3, 0.4) is 0 Å². The van der Waals surface area contributed by atoms with Gasteiger partial charge in [-0.1, -0.05) is 27.0 Å². The minimum absolute atomic E-state index is 0.319. The third-order valence-corrected chi connectivity index (χ3v) is 0.796. The number of hydrogen-bond acceptors (Lipinski definition) is 4. The molecule has 18 heavy (non-hydrogen) atoms. The average Bonchev–Trinajstić information content (AvgIpc) is 2.39. The maximum Gasteiger partial charge on any atom is 0.327 e. The second-order valence-electron chi connectivity index (χ2n) is 2.53. The molecule has 0 aromatic rings. The van der Waals surface area contributed by atoms with Crippen LogP contribution in [-0.2, 0) is 9.59 Å². The van der Waals surface area contributed by atoms with E-state index in [4.69, 9.17) is 20.4 Å². The van der Waals surface area contributed by atoms with Crippen LogP contribution in [0.4, 0.5) is 0 Å². The van der Waals surface area contributed by atoms with Gasteiger partial charge in [0.1, 0.15) is 0 Å². The van der Waals surface area contributed by atoms with E-state index in [0.717, 1.165) is 25.0 Å². The van der Waals surface area contributed by atoms with Gasteiger partial charge in [-0.2, -0.15) is 0 Å². The molecule has 0 fully saturated rings. The lowest BCUT2D eigenvalue weighted by molar-refractivity contribution is -0.132. The van der Waals surface area contributed by atoms with E-state index < -0.39 is 11.9 Å². The summed E-state index contributed by atoms with van der Waals surface area (Å²) in [6.45, 7) is 10.4. The lowest BCUT2D eigenvalue weighted by Gasteiger charge is -1.69. The van der Waals surface area contributed by atoms with Crippen molar-refractivity contribution >= 4 is 11.9 Å². The molecule has 0 saturated heterocycles. The standard InChI is InChI=1S/2C3H4O2.2C3H8O/c2*1-2-3(4)5;2*1-2-3-4/h2*2H,1H2,(H,4,5);2*4H,2-3H2,1H3. The van der Waals surface area contributed by atoms with E-state index in [2.05, 4.69) is 13.2 Å². The van der Waals surface area contributed by atoms with Crippen LogP contribution >= 0.6 is 0 Å². The predicted octanol–water partition coefficient (Wildman–Crippen LogP) is 1.29. The number of aliphatic hydroxyl groups excluding tert-OH is 2. The van der Waals surface area contributed by atoms with Crippen molar-refractivity contribution in [1.82, 2.24) is 0 Å². The zero-order valence-electron chi connectivity index (χ0n) is 11.0. The highest BCUT2D eigenvalue weighted by Gasteiger charge is 1.73. The summed E-state index contributed by atoms with van der Waals surface area (Å²) >= 11 is 0. The van der Waals surface area contributed by atoms with Gasteiger partial charge in [0.2, 0.25) is 0 Å². The number of carboxylic acids is 2. The van der Waals surface area contributed by atoms with Crippen molar-refractivity contribution in [3.63, 3.8) is 0 Å².